The molecule has 0 atom stereocenters. The van der Waals surface area contributed by atoms with Gasteiger partial charge in [0.2, 0.25) is 0 Å². The van der Waals surface area contributed by atoms with Crippen LogP contribution in [0.1, 0.15) is 6.92 Å². The van der Waals surface area contributed by atoms with Crippen LogP contribution in [0.5, 0.6) is 0 Å². The molecule has 9 heavy (non-hydrogen) atoms. The molecule has 1 heterocycles. The van der Waals surface area contributed by atoms with Crippen molar-refractivity contribution in [3.8, 4) is 0 Å². The molecular weight excluding hydrogens is 256 g/mol. The largest absolute Gasteiger partial charge is 0.147 e. The van der Waals surface area contributed by atoms with Crippen molar-refractivity contribution < 1.29 is 0 Å². The summed E-state index contributed by atoms with van der Waals surface area (Å²) in [6, 6.07) is 0. The van der Waals surface area contributed by atoms with Gasteiger partial charge in [-0.05, 0) is 0 Å². The second kappa shape index (κ2) is 3.36. The molecular formula is C4H7ClINO2. The van der Waals surface area contributed by atoms with Gasteiger partial charge in [0.1, 0.15) is 0 Å². The number of alkyl halides is 1. The molecule has 0 unspecified atom stereocenters. The minimum Gasteiger partial charge on any atom is -0.147 e. The summed E-state index contributed by atoms with van der Waals surface area (Å²) in [5, 5.41) is 0. The van der Waals surface area contributed by atoms with Gasteiger partial charge >= 0.3 is 56.3 Å². The molecule has 0 aliphatic heterocycles. The Morgan fingerprint density at radius 3 is 2.00 bits per heavy atom. The van der Waals surface area contributed by atoms with E-state index in [1.165, 1.54) is 2.78 Å². The van der Waals surface area contributed by atoms with Crippen molar-refractivity contribution in [3.63, 3.8) is 0 Å². The quantitative estimate of drug-likeness (QED) is 0.428. The fourth-order valence-corrected chi connectivity index (χ4v) is 2.10. The number of hydrogen-bond donors (Lipinski definition) is 0. The summed E-state index contributed by atoms with van der Waals surface area (Å²) in [5.41, 5.74) is -0.538. The van der Waals surface area contributed by atoms with Gasteiger partial charge in [0.25, 0.3) is 0 Å². The topological polar surface area (TPSA) is 39.1 Å². The molecule has 0 saturated carbocycles. The maximum atomic E-state index is 10.2. The zero-order valence-electron chi connectivity index (χ0n) is 4.79. The number of nitrogens with zero attached hydrogens (tertiary/aromatic N) is 1. The van der Waals surface area contributed by atoms with Gasteiger partial charge in [0, 0.05) is 0 Å². The summed E-state index contributed by atoms with van der Waals surface area (Å²) in [7, 11) is 0. The molecule has 1 aromatic rings. The number of rotatable bonds is 2. The van der Waals surface area contributed by atoms with Gasteiger partial charge in [0.05, 0.1) is 0 Å². The normalized spacial score (nSPS) is 9.89. The van der Waals surface area contributed by atoms with E-state index in [-0.39, 0.29) is 23.5 Å². The smallest absolute Gasteiger partial charge is 0.147 e. The SMILES string of the molecule is CC[IH]n1c(=O)c1=O.Cl. The first-order chi connectivity index (χ1) is 3.77. The van der Waals surface area contributed by atoms with Gasteiger partial charge in [-0.2, -0.15) is 0 Å². The first-order valence-corrected chi connectivity index (χ1v) is 4.97. The van der Waals surface area contributed by atoms with Crippen LogP contribution in [-0.2, 0) is 0 Å². The molecule has 0 radical (unpaired) electrons. The summed E-state index contributed by atoms with van der Waals surface area (Å²) in [4.78, 5) is 20.4. The number of hydrogen-bond acceptors (Lipinski definition) is 2. The van der Waals surface area contributed by atoms with Crippen molar-refractivity contribution >= 4 is 33.9 Å². The Morgan fingerprint density at radius 2 is 1.89 bits per heavy atom. The molecule has 5 heteroatoms. The summed E-state index contributed by atoms with van der Waals surface area (Å²) < 4.78 is 2.35. The van der Waals surface area contributed by atoms with E-state index in [2.05, 4.69) is 0 Å². The van der Waals surface area contributed by atoms with E-state index in [0.717, 1.165) is 4.43 Å². The first-order valence-electron chi connectivity index (χ1n) is 2.28. The zero-order valence-corrected chi connectivity index (χ0v) is 7.93. The molecule has 0 N–H and O–H groups in total. The van der Waals surface area contributed by atoms with Crippen LogP contribution in [0.4, 0.5) is 0 Å². The van der Waals surface area contributed by atoms with E-state index >= 15 is 0 Å². The average molecular weight is 263 g/mol. The van der Waals surface area contributed by atoms with Crippen LogP contribution in [0.2, 0.25) is 0 Å². The van der Waals surface area contributed by atoms with E-state index < -0.39 is 21.5 Å². The molecule has 3 nitrogen and oxygen atoms in total. The Kier molecular flexibility index (Phi) is 3.42. The Balaban J connectivity index is 0.000000640. The standard InChI is InChI=1S/C4H6INO2.ClH/c1-2-5-6-3(7)4(6)8;/h5H,2H2,1H3;1H. The monoisotopic (exact) mass is 263 g/mol. The summed E-state index contributed by atoms with van der Waals surface area (Å²) in [6.45, 7) is 1.99. The van der Waals surface area contributed by atoms with Gasteiger partial charge in [-0.15, -0.1) is 12.4 Å². The van der Waals surface area contributed by atoms with Gasteiger partial charge in [0.15, 0.2) is 0 Å². The van der Waals surface area contributed by atoms with E-state index in [1.807, 2.05) is 6.92 Å². The van der Waals surface area contributed by atoms with Gasteiger partial charge < -0.3 is 0 Å². The van der Waals surface area contributed by atoms with Crippen molar-refractivity contribution in [1.29, 1.82) is 0 Å². The zero-order chi connectivity index (χ0) is 6.15. The minimum absolute atomic E-state index is 0. The maximum absolute atomic E-state index is 10.2. The summed E-state index contributed by atoms with van der Waals surface area (Å²) >= 11 is -0.423. The predicted molar refractivity (Wildman–Crippen MR) is 47.9 cm³/mol. The van der Waals surface area contributed by atoms with Crippen LogP contribution in [0.25, 0.3) is 0 Å². The molecule has 0 aliphatic rings. The number of aromatic nitrogens is 1. The molecule has 0 aromatic carbocycles. The summed E-state index contributed by atoms with van der Waals surface area (Å²) in [5.74, 6) is 0. The molecule has 54 valence electrons. The fraction of sp³-hybridized carbons (Fsp3) is 0.500. The van der Waals surface area contributed by atoms with Gasteiger partial charge in [-0.3, -0.25) is 0 Å². The van der Waals surface area contributed by atoms with Crippen molar-refractivity contribution in [3.05, 3.63) is 20.7 Å². The second-order valence-corrected chi connectivity index (χ2v) is 4.75. The molecule has 0 spiro atoms. The third-order valence-electron chi connectivity index (χ3n) is 0.760. The van der Waals surface area contributed by atoms with Crippen LogP contribution in [-0.4, -0.2) is 7.21 Å². The van der Waals surface area contributed by atoms with Crippen LogP contribution in [0.15, 0.2) is 9.59 Å². The maximum Gasteiger partial charge on any atom is -0.147 e. The molecule has 0 aliphatic carbocycles. The molecule has 1 rings (SSSR count). The third kappa shape index (κ3) is 1.79. The third-order valence-corrected chi connectivity index (χ3v) is 3.18. The van der Waals surface area contributed by atoms with Crippen LogP contribution >= 0.6 is 33.9 Å². The fourth-order valence-electron chi connectivity index (χ4n) is 0.368. The van der Waals surface area contributed by atoms with Crippen LogP contribution < -0.4 is 11.1 Å². The van der Waals surface area contributed by atoms with Gasteiger partial charge in [-0.25, -0.2) is 0 Å². The van der Waals surface area contributed by atoms with Crippen molar-refractivity contribution in [2.24, 2.45) is 0 Å². The van der Waals surface area contributed by atoms with Crippen molar-refractivity contribution in [2.75, 3.05) is 4.43 Å². The molecule has 0 amide bonds. The van der Waals surface area contributed by atoms with Gasteiger partial charge in [-0.1, -0.05) is 0 Å². The van der Waals surface area contributed by atoms with E-state index in [1.54, 1.807) is 0 Å². The van der Waals surface area contributed by atoms with Crippen molar-refractivity contribution in [2.45, 2.75) is 6.92 Å². The summed E-state index contributed by atoms with van der Waals surface area (Å²) in [6.07, 6.45) is 0. The van der Waals surface area contributed by atoms with Crippen LogP contribution in [0, 0.1) is 0 Å². The average Bonchev–Trinajstić information content (AvgIpc) is 2.25. The molecule has 0 saturated heterocycles. The molecule has 1 aromatic heterocycles. The Hall–Kier alpha value is 0.160. The minimum atomic E-state index is -0.423. The molecule has 0 bridgehead atoms. The number of halogens is 2. The van der Waals surface area contributed by atoms with E-state index in [0.29, 0.717) is 0 Å². The van der Waals surface area contributed by atoms with E-state index in [9.17, 15) is 9.59 Å². The van der Waals surface area contributed by atoms with Crippen molar-refractivity contribution in [1.82, 2.24) is 2.78 Å². The second-order valence-electron chi connectivity index (χ2n) is 1.32. The van der Waals surface area contributed by atoms with Crippen LogP contribution in [0.3, 0.4) is 0 Å². The Labute approximate surface area is 68.8 Å². The predicted octanol–water partition coefficient (Wildman–Crippen LogP) is -0.00810. The molecule has 0 fully saturated rings. The Bertz CT molecular complexity index is 224. The first kappa shape index (κ1) is 9.16. The Morgan fingerprint density at radius 1 is 1.44 bits per heavy atom. The van der Waals surface area contributed by atoms with E-state index in [4.69, 9.17) is 0 Å².